The van der Waals surface area contributed by atoms with Gasteiger partial charge in [-0.25, -0.2) is 4.98 Å². The number of benzene rings is 2. The third-order valence-corrected chi connectivity index (χ3v) is 6.11. The molecule has 2 N–H and O–H groups in total. The van der Waals surface area contributed by atoms with Crippen LogP contribution in [-0.4, -0.2) is 34.1 Å². The van der Waals surface area contributed by atoms with E-state index in [4.69, 9.17) is 0 Å². The molecular weight excluding hydrogens is 396 g/mol. The number of aromatic nitrogens is 2. The minimum absolute atomic E-state index is 0.0186. The number of imidazole rings is 1. The Morgan fingerprint density at radius 1 is 1.13 bits per heavy atom. The Morgan fingerprint density at radius 3 is 2.73 bits per heavy atom. The summed E-state index contributed by atoms with van der Waals surface area (Å²) in [4.78, 5) is 35.7. The number of carbonyl (C=O) groups excluding carboxylic acids is 2. The summed E-state index contributed by atoms with van der Waals surface area (Å²) < 4.78 is 0. The number of hydrogen-bond acceptors (Lipinski definition) is 4. The molecule has 1 aliphatic heterocycles. The molecule has 154 valence electrons. The lowest BCUT2D eigenvalue weighted by molar-refractivity contribution is -0.125. The lowest BCUT2D eigenvalue weighted by atomic mass is 10.2. The van der Waals surface area contributed by atoms with Gasteiger partial charge in [0.15, 0.2) is 0 Å². The smallest absolute Gasteiger partial charge is 0.227 e. The van der Waals surface area contributed by atoms with E-state index in [0.29, 0.717) is 12.4 Å². The van der Waals surface area contributed by atoms with Crippen molar-refractivity contribution in [2.45, 2.75) is 30.7 Å². The monoisotopic (exact) mass is 420 g/mol. The van der Waals surface area contributed by atoms with Crippen LogP contribution in [0.4, 0.5) is 5.69 Å². The van der Waals surface area contributed by atoms with Crippen molar-refractivity contribution in [3.05, 3.63) is 66.6 Å². The molecule has 1 unspecified atom stereocenters. The Kier molecular flexibility index (Phi) is 6.18. The topological polar surface area (TPSA) is 78.1 Å². The van der Waals surface area contributed by atoms with Gasteiger partial charge in [-0.3, -0.25) is 9.59 Å². The summed E-state index contributed by atoms with van der Waals surface area (Å²) in [5.74, 6) is 1.38. The van der Waals surface area contributed by atoms with Crippen molar-refractivity contribution in [2.24, 2.45) is 0 Å². The van der Waals surface area contributed by atoms with Crippen molar-refractivity contribution in [2.75, 3.05) is 17.2 Å². The maximum absolute atomic E-state index is 12.7. The summed E-state index contributed by atoms with van der Waals surface area (Å²) in [5, 5.41) is 2.93. The third-order valence-electron chi connectivity index (χ3n) is 5.06. The second-order valence-electron chi connectivity index (χ2n) is 7.20. The van der Waals surface area contributed by atoms with E-state index < -0.39 is 0 Å². The van der Waals surface area contributed by atoms with Crippen LogP contribution in [0.25, 0.3) is 11.3 Å². The highest BCUT2D eigenvalue weighted by Crippen LogP contribution is 2.34. The van der Waals surface area contributed by atoms with Crippen molar-refractivity contribution >= 4 is 29.3 Å². The summed E-state index contributed by atoms with van der Waals surface area (Å²) in [6.07, 6.45) is 2.11. The number of H-pyrrole nitrogens is 1. The Bertz CT molecular complexity index is 1030. The third kappa shape index (κ3) is 4.57. The molecule has 6 nitrogen and oxygen atoms in total. The number of para-hydroxylation sites is 1. The Morgan fingerprint density at radius 2 is 1.90 bits per heavy atom. The summed E-state index contributed by atoms with van der Waals surface area (Å²) in [6.45, 7) is 2.55. The molecule has 0 fully saturated rings. The zero-order valence-electron chi connectivity index (χ0n) is 16.8. The average molecular weight is 421 g/mol. The standard InChI is InChI=1S/C23H24N4O2S/c1-16(23-24-15-18(26-23)17-7-3-2-4-8-17)25-21(28)11-12-22(29)27-13-14-30-20-10-6-5-9-19(20)27/h2-10,15-16H,11-14H2,1H3,(H,24,26)(H,25,28). The van der Waals surface area contributed by atoms with E-state index >= 15 is 0 Å². The average Bonchev–Trinajstić information content (AvgIpc) is 3.28. The van der Waals surface area contributed by atoms with Gasteiger partial charge < -0.3 is 15.2 Å². The Balaban J connectivity index is 1.31. The first-order valence-corrected chi connectivity index (χ1v) is 11.0. The lowest BCUT2D eigenvalue weighted by Crippen LogP contribution is -2.36. The van der Waals surface area contributed by atoms with Gasteiger partial charge in [-0.2, -0.15) is 0 Å². The largest absolute Gasteiger partial charge is 0.346 e. The first kappa shape index (κ1) is 20.2. The van der Waals surface area contributed by atoms with Crippen molar-refractivity contribution in [3.8, 4) is 11.3 Å². The molecule has 1 atom stereocenters. The van der Waals surface area contributed by atoms with Gasteiger partial charge in [-0.05, 0) is 24.6 Å². The normalized spacial score (nSPS) is 14.1. The van der Waals surface area contributed by atoms with Gasteiger partial charge in [-0.15, -0.1) is 11.8 Å². The van der Waals surface area contributed by atoms with Gasteiger partial charge in [-0.1, -0.05) is 42.5 Å². The van der Waals surface area contributed by atoms with E-state index in [1.807, 2.05) is 61.5 Å². The number of anilines is 1. The second kappa shape index (κ2) is 9.17. The Hall–Kier alpha value is -3.06. The minimum atomic E-state index is -0.267. The fraction of sp³-hybridized carbons (Fsp3) is 0.261. The highest BCUT2D eigenvalue weighted by atomic mass is 32.2. The molecule has 0 saturated carbocycles. The first-order valence-electron chi connectivity index (χ1n) is 10.0. The predicted octanol–water partition coefficient (Wildman–Crippen LogP) is 4.17. The van der Waals surface area contributed by atoms with E-state index in [-0.39, 0.29) is 30.7 Å². The highest BCUT2D eigenvalue weighted by Gasteiger charge is 2.23. The molecule has 2 heterocycles. The molecule has 3 aromatic rings. The van der Waals surface area contributed by atoms with Crippen LogP contribution in [0, 0.1) is 0 Å². The molecule has 1 aliphatic rings. The van der Waals surface area contributed by atoms with E-state index in [9.17, 15) is 9.59 Å². The van der Waals surface area contributed by atoms with E-state index in [1.54, 1.807) is 22.9 Å². The highest BCUT2D eigenvalue weighted by molar-refractivity contribution is 7.99. The van der Waals surface area contributed by atoms with Crippen molar-refractivity contribution in [1.82, 2.24) is 15.3 Å². The summed E-state index contributed by atoms with van der Waals surface area (Å²) >= 11 is 1.76. The summed E-state index contributed by atoms with van der Waals surface area (Å²) in [7, 11) is 0. The second-order valence-corrected chi connectivity index (χ2v) is 8.34. The molecular formula is C23H24N4O2S. The van der Waals surface area contributed by atoms with Crippen LogP contribution in [0.1, 0.15) is 31.6 Å². The van der Waals surface area contributed by atoms with Crippen LogP contribution in [0.3, 0.4) is 0 Å². The van der Waals surface area contributed by atoms with E-state index in [2.05, 4.69) is 15.3 Å². The molecule has 0 spiro atoms. The van der Waals surface area contributed by atoms with Crippen LogP contribution < -0.4 is 10.2 Å². The maximum atomic E-state index is 12.7. The molecule has 7 heteroatoms. The van der Waals surface area contributed by atoms with Crippen molar-refractivity contribution in [1.29, 1.82) is 0 Å². The van der Waals surface area contributed by atoms with E-state index in [1.165, 1.54) is 0 Å². The van der Waals surface area contributed by atoms with Gasteiger partial charge in [0, 0.05) is 30.0 Å². The quantitative estimate of drug-likeness (QED) is 0.627. The van der Waals surface area contributed by atoms with Crippen LogP contribution >= 0.6 is 11.8 Å². The van der Waals surface area contributed by atoms with Crippen molar-refractivity contribution in [3.63, 3.8) is 0 Å². The van der Waals surface area contributed by atoms with Gasteiger partial charge in [0.25, 0.3) is 0 Å². The molecule has 0 bridgehead atoms. The number of hydrogen-bond donors (Lipinski definition) is 2. The molecule has 1 aromatic heterocycles. The summed E-state index contributed by atoms with van der Waals surface area (Å²) in [6, 6.07) is 17.5. The molecule has 0 saturated heterocycles. The number of rotatable bonds is 6. The van der Waals surface area contributed by atoms with E-state index in [0.717, 1.165) is 27.6 Å². The van der Waals surface area contributed by atoms with Gasteiger partial charge in [0.2, 0.25) is 11.8 Å². The van der Waals surface area contributed by atoms with Crippen LogP contribution in [-0.2, 0) is 9.59 Å². The number of amides is 2. The Labute approximate surface area is 180 Å². The molecule has 0 radical (unpaired) electrons. The zero-order chi connectivity index (χ0) is 20.9. The number of aromatic amines is 1. The van der Waals surface area contributed by atoms with Gasteiger partial charge in [0.05, 0.1) is 23.6 Å². The molecule has 2 amide bonds. The number of nitrogens with zero attached hydrogens (tertiary/aromatic N) is 2. The summed E-state index contributed by atoms with van der Waals surface area (Å²) in [5.41, 5.74) is 2.89. The molecule has 2 aromatic carbocycles. The SMILES string of the molecule is CC(NC(=O)CCC(=O)N1CCSc2ccccc21)c1ncc(-c2ccccc2)[nH]1. The molecule has 4 rings (SSSR count). The van der Waals surface area contributed by atoms with Crippen molar-refractivity contribution < 1.29 is 9.59 Å². The predicted molar refractivity (Wildman–Crippen MR) is 119 cm³/mol. The van der Waals surface area contributed by atoms with Crippen LogP contribution in [0.5, 0.6) is 0 Å². The first-order chi connectivity index (χ1) is 14.6. The number of fused-ring (bicyclic) bond motifs is 1. The van der Waals surface area contributed by atoms with Crippen LogP contribution in [0.15, 0.2) is 65.7 Å². The van der Waals surface area contributed by atoms with Gasteiger partial charge >= 0.3 is 0 Å². The lowest BCUT2D eigenvalue weighted by Gasteiger charge is -2.29. The fourth-order valence-electron chi connectivity index (χ4n) is 3.49. The maximum Gasteiger partial charge on any atom is 0.227 e. The van der Waals surface area contributed by atoms with Crippen LogP contribution in [0.2, 0.25) is 0 Å². The minimum Gasteiger partial charge on any atom is -0.346 e. The fourth-order valence-corrected chi connectivity index (χ4v) is 4.48. The molecule has 30 heavy (non-hydrogen) atoms. The number of nitrogens with one attached hydrogen (secondary N) is 2. The number of thioether (sulfide) groups is 1. The zero-order valence-corrected chi connectivity index (χ0v) is 17.6. The van der Waals surface area contributed by atoms with Gasteiger partial charge in [0.1, 0.15) is 5.82 Å². The molecule has 0 aliphatic carbocycles. The number of carbonyl (C=O) groups is 2.